The van der Waals surface area contributed by atoms with E-state index in [4.69, 9.17) is 4.98 Å². The van der Waals surface area contributed by atoms with Gasteiger partial charge in [-0.25, -0.2) is 0 Å². The molecule has 1 aliphatic rings. The number of hydrogen-bond acceptors (Lipinski definition) is 2. The second-order valence-electron chi connectivity index (χ2n) is 6.63. The maximum Gasteiger partial charge on any atom is 0.252 e. The Kier molecular flexibility index (Phi) is 3.57. The first kappa shape index (κ1) is 14.9. The van der Waals surface area contributed by atoms with E-state index in [0.717, 1.165) is 46.1 Å². The van der Waals surface area contributed by atoms with Crippen LogP contribution in [0.4, 0.5) is 0 Å². The number of nitrogens with zero attached hydrogens (tertiary/aromatic N) is 1. The number of carbonyl (C=O) groups is 1. The number of amides is 1. The van der Waals surface area contributed by atoms with Crippen LogP contribution in [0, 0.1) is 13.8 Å². The summed E-state index contributed by atoms with van der Waals surface area (Å²) in [5, 5.41) is 4.00. The number of para-hydroxylation sites is 1. The fourth-order valence-corrected chi connectivity index (χ4v) is 3.02. The molecular weight excluding hydrogens is 296 g/mol. The van der Waals surface area contributed by atoms with E-state index < -0.39 is 0 Å². The quantitative estimate of drug-likeness (QED) is 0.777. The van der Waals surface area contributed by atoms with Crippen molar-refractivity contribution in [3.05, 3.63) is 65.4 Å². The summed E-state index contributed by atoms with van der Waals surface area (Å²) in [5.74, 6) is 0.00839. The van der Waals surface area contributed by atoms with Crippen molar-refractivity contribution in [3.63, 3.8) is 0 Å². The number of carbonyl (C=O) groups excluding carboxylic acids is 1. The number of fused-ring (bicyclic) bond motifs is 1. The van der Waals surface area contributed by atoms with E-state index in [0.29, 0.717) is 6.04 Å². The van der Waals surface area contributed by atoms with Crippen molar-refractivity contribution in [2.24, 2.45) is 0 Å². The van der Waals surface area contributed by atoms with E-state index >= 15 is 0 Å². The van der Waals surface area contributed by atoms with Crippen LogP contribution in [-0.2, 0) is 0 Å². The molecule has 0 radical (unpaired) electrons. The lowest BCUT2D eigenvalue weighted by molar-refractivity contribution is 0.0952. The SMILES string of the molecule is Cc1ccc(-c2cccc3c(C(=O)NC4CC4)cc(C)nc23)cc1. The Hall–Kier alpha value is -2.68. The molecule has 0 spiro atoms. The minimum atomic E-state index is 0.00839. The maximum atomic E-state index is 12.6. The third-order valence-corrected chi connectivity index (χ3v) is 4.49. The monoisotopic (exact) mass is 316 g/mol. The van der Waals surface area contributed by atoms with Crippen LogP contribution in [0.3, 0.4) is 0 Å². The number of hydrogen-bond donors (Lipinski definition) is 1. The molecule has 3 aromatic rings. The fourth-order valence-electron chi connectivity index (χ4n) is 3.02. The van der Waals surface area contributed by atoms with Crippen molar-refractivity contribution in [2.75, 3.05) is 0 Å². The Labute approximate surface area is 141 Å². The van der Waals surface area contributed by atoms with Crippen molar-refractivity contribution in [1.29, 1.82) is 0 Å². The minimum Gasteiger partial charge on any atom is -0.349 e. The Bertz CT molecular complexity index is 924. The van der Waals surface area contributed by atoms with Gasteiger partial charge < -0.3 is 5.32 Å². The standard InChI is InChI=1S/C21H20N2O/c1-13-6-8-15(9-7-13)17-4-3-5-18-19(12-14(2)22-20(17)18)21(24)23-16-10-11-16/h3-9,12,16H,10-11H2,1-2H3,(H,23,24). The molecule has 2 aromatic carbocycles. The Balaban J connectivity index is 1.88. The second-order valence-corrected chi connectivity index (χ2v) is 6.63. The van der Waals surface area contributed by atoms with Gasteiger partial charge in [0.05, 0.1) is 11.1 Å². The first-order valence-electron chi connectivity index (χ1n) is 8.40. The zero-order valence-electron chi connectivity index (χ0n) is 14.0. The lowest BCUT2D eigenvalue weighted by Crippen LogP contribution is -2.25. The number of pyridine rings is 1. The molecule has 1 N–H and O–H groups in total. The highest BCUT2D eigenvalue weighted by molar-refractivity contribution is 6.09. The number of rotatable bonds is 3. The third-order valence-electron chi connectivity index (χ3n) is 4.49. The molecular formula is C21H20N2O. The van der Waals surface area contributed by atoms with Crippen molar-refractivity contribution in [1.82, 2.24) is 10.3 Å². The van der Waals surface area contributed by atoms with Crippen LogP contribution in [0.25, 0.3) is 22.0 Å². The van der Waals surface area contributed by atoms with Gasteiger partial charge in [-0.2, -0.15) is 0 Å². The van der Waals surface area contributed by atoms with Crippen LogP contribution in [0.2, 0.25) is 0 Å². The molecule has 120 valence electrons. The van der Waals surface area contributed by atoms with Crippen molar-refractivity contribution < 1.29 is 4.79 Å². The molecule has 1 saturated carbocycles. The van der Waals surface area contributed by atoms with E-state index in [-0.39, 0.29) is 5.91 Å². The van der Waals surface area contributed by atoms with E-state index in [1.54, 1.807) is 0 Å². The van der Waals surface area contributed by atoms with Gasteiger partial charge in [-0.3, -0.25) is 9.78 Å². The van der Waals surface area contributed by atoms with Crippen LogP contribution in [0.15, 0.2) is 48.5 Å². The van der Waals surface area contributed by atoms with Crippen LogP contribution >= 0.6 is 0 Å². The molecule has 1 aliphatic carbocycles. The number of benzene rings is 2. The van der Waals surface area contributed by atoms with Gasteiger partial charge in [-0.1, -0.05) is 48.0 Å². The van der Waals surface area contributed by atoms with E-state index in [2.05, 4.69) is 42.6 Å². The summed E-state index contributed by atoms with van der Waals surface area (Å²) in [5.41, 5.74) is 5.89. The summed E-state index contributed by atoms with van der Waals surface area (Å²) in [4.78, 5) is 17.3. The van der Waals surface area contributed by atoms with Gasteiger partial charge in [0.15, 0.2) is 0 Å². The lowest BCUT2D eigenvalue weighted by atomic mass is 9.98. The van der Waals surface area contributed by atoms with Gasteiger partial charge in [0.25, 0.3) is 5.91 Å². The molecule has 0 atom stereocenters. The molecule has 1 amide bonds. The summed E-state index contributed by atoms with van der Waals surface area (Å²) in [6.07, 6.45) is 2.17. The number of nitrogens with one attached hydrogen (secondary N) is 1. The highest BCUT2D eigenvalue weighted by Gasteiger charge is 2.25. The highest BCUT2D eigenvalue weighted by Crippen LogP contribution is 2.30. The first-order valence-corrected chi connectivity index (χ1v) is 8.40. The topological polar surface area (TPSA) is 42.0 Å². The molecule has 1 fully saturated rings. The number of aryl methyl sites for hydroxylation is 2. The Morgan fingerprint density at radius 1 is 1.08 bits per heavy atom. The van der Waals surface area contributed by atoms with Crippen LogP contribution in [0.5, 0.6) is 0 Å². The zero-order chi connectivity index (χ0) is 16.7. The van der Waals surface area contributed by atoms with Gasteiger partial charge in [0.1, 0.15) is 0 Å². The average Bonchev–Trinajstić information content (AvgIpc) is 3.38. The predicted molar refractivity (Wildman–Crippen MR) is 97.1 cm³/mol. The minimum absolute atomic E-state index is 0.00839. The maximum absolute atomic E-state index is 12.6. The van der Waals surface area contributed by atoms with Crippen molar-refractivity contribution >= 4 is 16.8 Å². The Morgan fingerprint density at radius 3 is 2.54 bits per heavy atom. The molecule has 3 nitrogen and oxygen atoms in total. The zero-order valence-corrected chi connectivity index (χ0v) is 14.0. The van der Waals surface area contributed by atoms with Crippen LogP contribution in [0.1, 0.15) is 34.5 Å². The third kappa shape index (κ3) is 2.78. The summed E-state index contributed by atoms with van der Waals surface area (Å²) in [7, 11) is 0. The van der Waals surface area contributed by atoms with E-state index in [1.165, 1.54) is 5.56 Å². The summed E-state index contributed by atoms with van der Waals surface area (Å²) in [6, 6.07) is 16.7. The van der Waals surface area contributed by atoms with Gasteiger partial charge in [0, 0.05) is 22.7 Å². The molecule has 24 heavy (non-hydrogen) atoms. The van der Waals surface area contributed by atoms with Gasteiger partial charge >= 0.3 is 0 Å². The van der Waals surface area contributed by atoms with Gasteiger partial charge in [-0.15, -0.1) is 0 Å². The van der Waals surface area contributed by atoms with Crippen molar-refractivity contribution in [2.45, 2.75) is 32.7 Å². The second kappa shape index (κ2) is 5.75. The molecule has 1 heterocycles. The van der Waals surface area contributed by atoms with Crippen LogP contribution < -0.4 is 5.32 Å². The van der Waals surface area contributed by atoms with Crippen molar-refractivity contribution in [3.8, 4) is 11.1 Å². The molecule has 0 unspecified atom stereocenters. The summed E-state index contributed by atoms with van der Waals surface area (Å²) < 4.78 is 0. The first-order chi connectivity index (χ1) is 11.6. The fraction of sp³-hybridized carbons (Fsp3) is 0.238. The molecule has 0 bridgehead atoms. The molecule has 1 aromatic heterocycles. The summed E-state index contributed by atoms with van der Waals surface area (Å²) in [6.45, 7) is 4.02. The average molecular weight is 316 g/mol. The summed E-state index contributed by atoms with van der Waals surface area (Å²) >= 11 is 0. The van der Waals surface area contributed by atoms with E-state index in [1.807, 2.05) is 25.1 Å². The Morgan fingerprint density at radius 2 is 1.83 bits per heavy atom. The van der Waals surface area contributed by atoms with Crippen LogP contribution in [-0.4, -0.2) is 16.9 Å². The highest BCUT2D eigenvalue weighted by atomic mass is 16.1. The molecule has 4 rings (SSSR count). The van der Waals surface area contributed by atoms with E-state index in [9.17, 15) is 4.79 Å². The van der Waals surface area contributed by atoms with Gasteiger partial charge in [-0.05, 0) is 38.3 Å². The normalized spacial score (nSPS) is 13.9. The molecule has 3 heteroatoms. The lowest BCUT2D eigenvalue weighted by Gasteiger charge is -2.12. The van der Waals surface area contributed by atoms with Gasteiger partial charge in [0.2, 0.25) is 0 Å². The predicted octanol–water partition coefficient (Wildman–Crippen LogP) is 4.41. The largest absolute Gasteiger partial charge is 0.349 e. The molecule has 0 saturated heterocycles. The number of aromatic nitrogens is 1. The molecule has 0 aliphatic heterocycles. The smallest absolute Gasteiger partial charge is 0.252 e.